The third-order valence-corrected chi connectivity index (χ3v) is 4.74. The van der Waals surface area contributed by atoms with Crippen molar-refractivity contribution < 1.29 is 9.59 Å². The monoisotopic (exact) mass is 316 g/mol. The van der Waals surface area contributed by atoms with Gasteiger partial charge in [-0.25, -0.2) is 4.79 Å². The molecule has 0 aromatic heterocycles. The molecular formula is C17H24N4O2. The number of carbonyl (C=O) groups is 2. The first kappa shape index (κ1) is 15.8. The van der Waals surface area contributed by atoms with Crippen molar-refractivity contribution >= 4 is 11.9 Å². The molecule has 2 aliphatic rings. The molecule has 1 aromatic carbocycles. The fourth-order valence-corrected chi connectivity index (χ4v) is 3.18. The zero-order valence-corrected chi connectivity index (χ0v) is 13.8. The average molecular weight is 316 g/mol. The molecule has 6 nitrogen and oxygen atoms in total. The number of likely N-dealkylation sites (N-methyl/N-ethyl adjacent to an activating group) is 1. The maximum atomic E-state index is 12.5. The molecule has 6 heteroatoms. The van der Waals surface area contributed by atoms with Gasteiger partial charge in [-0.1, -0.05) is 24.3 Å². The molecule has 2 fully saturated rings. The molecular weight excluding hydrogens is 292 g/mol. The Morgan fingerprint density at radius 1 is 1.22 bits per heavy atom. The lowest BCUT2D eigenvalue weighted by molar-refractivity contribution is -0.134. The standard InChI is InChI=1S/C17H24N4O2/c1-13-5-3-4-6-14(13)11-20-7-9-21(10-8-20)16(22)15-12-19(2)17(23)18-15/h3-6,15H,7-12H2,1-2H3,(H,18,23)/t15-/m0/s1. The zero-order chi connectivity index (χ0) is 16.4. The maximum absolute atomic E-state index is 12.5. The molecule has 0 unspecified atom stereocenters. The fraction of sp³-hybridized carbons (Fsp3) is 0.529. The van der Waals surface area contributed by atoms with Gasteiger partial charge in [-0.05, 0) is 18.1 Å². The number of nitrogens with one attached hydrogen (secondary N) is 1. The van der Waals surface area contributed by atoms with Crippen molar-refractivity contribution in [3.8, 4) is 0 Å². The minimum atomic E-state index is -0.393. The normalized spacial score (nSPS) is 22.3. The topological polar surface area (TPSA) is 55.9 Å². The fourth-order valence-electron chi connectivity index (χ4n) is 3.18. The minimum absolute atomic E-state index is 0.0400. The number of hydrogen-bond donors (Lipinski definition) is 1. The van der Waals surface area contributed by atoms with E-state index in [4.69, 9.17) is 0 Å². The van der Waals surface area contributed by atoms with E-state index < -0.39 is 6.04 Å². The molecule has 2 aliphatic heterocycles. The van der Waals surface area contributed by atoms with Crippen LogP contribution in [0.25, 0.3) is 0 Å². The Balaban J connectivity index is 1.51. The highest BCUT2D eigenvalue weighted by Gasteiger charge is 2.34. The van der Waals surface area contributed by atoms with E-state index >= 15 is 0 Å². The van der Waals surface area contributed by atoms with Crippen LogP contribution < -0.4 is 5.32 Å². The van der Waals surface area contributed by atoms with Crippen LogP contribution in [0.15, 0.2) is 24.3 Å². The predicted molar refractivity (Wildman–Crippen MR) is 88.0 cm³/mol. The highest BCUT2D eigenvalue weighted by atomic mass is 16.2. The number of amides is 3. The van der Waals surface area contributed by atoms with E-state index in [2.05, 4.69) is 41.4 Å². The summed E-state index contributed by atoms with van der Waals surface area (Å²) in [5, 5.41) is 2.74. The van der Waals surface area contributed by atoms with Crippen molar-refractivity contribution in [1.82, 2.24) is 20.0 Å². The van der Waals surface area contributed by atoms with Crippen molar-refractivity contribution in [3.05, 3.63) is 35.4 Å². The van der Waals surface area contributed by atoms with E-state index in [1.807, 2.05) is 4.90 Å². The predicted octanol–water partition coefficient (Wildman–Crippen LogP) is 0.663. The zero-order valence-electron chi connectivity index (χ0n) is 13.8. The SMILES string of the molecule is Cc1ccccc1CN1CCN(C(=O)[C@@H]2CN(C)C(=O)N2)CC1. The number of aryl methyl sites for hydroxylation is 1. The average Bonchev–Trinajstić information content (AvgIpc) is 2.89. The second-order valence-electron chi connectivity index (χ2n) is 6.41. The van der Waals surface area contributed by atoms with Gasteiger partial charge in [0, 0.05) is 39.8 Å². The van der Waals surface area contributed by atoms with Gasteiger partial charge in [0.15, 0.2) is 0 Å². The Kier molecular flexibility index (Phi) is 4.52. The molecule has 0 saturated carbocycles. The second-order valence-corrected chi connectivity index (χ2v) is 6.41. The van der Waals surface area contributed by atoms with E-state index in [1.54, 1.807) is 11.9 Å². The van der Waals surface area contributed by atoms with Crippen molar-refractivity contribution in [3.63, 3.8) is 0 Å². The number of urea groups is 1. The van der Waals surface area contributed by atoms with Crippen LogP contribution in [0.3, 0.4) is 0 Å². The first-order chi connectivity index (χ1) is 11.0. The van der Waals surface area contributed by atoms with Crippen LogP contribution in [0, 0.1) is 6.92 Å². The van der Waals surface area contributed by atoms with Crippen molar-refractivity contribution in [1.29, 1.82) is 0 Å². The van der Waals surface area contributed by atoms with Gasteiger partial charge < -0.3 is 15.1 Å². The van der Waals surface area contributed by atoms with Gasteiger partial charge in [0.25, 0.3) is 0 Å². The summed E-state index contributed by atoms with van der Waals surface area (Å²) in [6.45, 7) is 6.71. The Morgan fingerprint density at radius 3 is 2.52 bits per heavy atom. The molecule has 3 amide bonds. The number of hydrogen-bond acceptors (Lipinski definition) is 3. The Hall–Kier alpha value is -2.08. The lowest BCUT2D eigenvalue weighted by atomic mass is 10.1. The van der Waals surface area contributed by atoms with Gasteiger partial charge in [-0.3, -0.25) is 9.69 Å². The summed E-state index contributed by atoms with van der Waals surface area (Å²) in [6.07, 6.45) is 0. The number of benzene rings is 1. The van der Waals surface area contributed by atoms with E-state index in [1.165, 1.54) is 11.1 Å². The van der Waals surface area contributed by atoms with Crippen LogP contribution >= 0.6 is 0 Å². The molecule has 124 valence electrons. The molecule has 1 aromatic rings. The molecule has 0 spiro atoms. The molecule has 2 heterocycles. The number of nitrogens with zero attached hydrogens (tertiary/aromatic N) is 3. The van der Waals surface area contributed by atoms with Crippen LogP contribution in [-0.2, 0) is 11.3 Å². The summed E-state index contributed by atoms with van der Waals surface area (Å²) in [5.74, 6) is 0.0400. The highest BCUT2D eigenvalue weighted by Crippen LogP contribution is 2.13. The van der Waals surface area contributed by atoms with Crippen LogP contribution in [-0.4, -0.2) is 72.5 Å². The van der Waals surface area contributed by atoms with E-state index in [-0.39, 0.29) is 11.9 Å². The number of rotatable bonds is 3. The van der Waals surface area contributed by atoms with Crippen molar-refractivity contribution in [2.24, 2.45) is 0 Å². The van der Waals surface area contributed by atoms with Gasteiger partial charge in [0.1, 0.15) is 6.04 Å². The quantitative estimate of drug-likeness (QED) is 0.891. The molecule has 2 saturated heterocycles. The van der Waals surface area contributed by atoms with E-state index in [9.17, 15) is 9.59 Å². The van der Waals surface area contributed by atoms with Crippen molar-refractivity contribution in [2.75, 3.05) is 39.8 Å². The molecule has 1 N–H and O–H groups in total. The summed E-state index contributed by atoms with van der Waals surface area (Å²) in [7, 11) is 1.71. The van der Waals surface area contributed by atoms with Crippen LogP contribution in [0.5, 0.6) is 0 Å². The van der Waals surface area contributed by atoms with Gasteiger partial charge in [0.2, 0.25) is 5.91 Å². The summed E-state index contributed by atoms with van der Waals surface area (Å²) < 4.78 is 0. The molecule has 0 aliphatic carbocycles. The second kappa shape index (κ2) is 6.58. The van der Waals surface area contributed by atoms with Gasteiger partial charge in [-0.15, -0.1) is 0 Å². The Morgan fingerprint density at radius 2 is 1.91 bits per heavy atom. The Bertz CT molecular complexity index is 596. The first-order valence-corrected chi connectivity index (χ1v) is 8.12. The number of piperazine rings is 1. The third-order valence-electron chi connectivity index (χ3n) is 4.74. The molecule has 23 heavy (non-hydrogen) atoms. The van der Waals surface area contributed by atoms with Crippen LogP contribution in [0.2, 0.25) is 0 Å². The largest absolute Gasteiger partial charge is 0.338 e. The van der Waals surface area contributed by atoms with E-state index in [0.717, 1.165) is 32.7 Å². The summed E-state index contributed by atoms with van der Waals surface area (Å²) >= 11 is 0. The Labute approximate surface area is 137 Å². The molecule has 3 rings (SSSR count). The van der Waals surface area contributed by atoms with E-state index in [0.29, 0.717) is 6.54 Å². The van der Waals surface area contributed by atoms with Gasteiger partial charge in [0.05, 0.1) is 6.54 Å². The third kappa shape index (κ3) is 3.47. The molecule has 0 radical (unpaired) electrons. The van der Waals surface area contributed by atoms with Crippen molar-refractivity contribution in [2.45, 2.75) is 19.5 Å². The lowest BCUT2D eigenvalue weighted by Crippen LogP contribution is -2.53. The summed E-state index contributed by atoms with van der Waals surface area (Å²) in [4.78, 5) is 29.8. The lowest BCUT2D eigenvalue weighted by Gasteiger charge is -2.36. The summed E-state index contributed by atoms with van der Waals surface area (Å²) in [6, 6.07) is 7.87. The smallest absolute Gasteiger partial charge is 0.317 e. The highest BCUT2D eigenvalue weighted by molar-refractivity contribution is 5.90. The summed E-state index contributed by atoms with van der Waals surface area (Å²) in [5.41, 5.74) is 2.65. The first-order valence-electron chi connectivity index (χ1n) is 8.12. The van der Waals surface area contributed by atoms with Crippen LogP contribution in [0.4, 0.5) is 4.79 Å². The molecule has 1 atom stereocenters. The number of carbonyl (C=O) groups excluding carboxylic acids is 2. The van der Waals surface area contributed by atoms with Gasteiger partial charge in [-0.2, -0.15) is 0 Å². The van der Waals surface area contributed by atoms with Gasteiger partial charge >= 0.3 is 6.03 Å². The minimum Gasteiger partial charge on any atom is -0.338 e. The van der Waals surface area contributed by atoms with Crippen LogP contribution in [0.1, 0.15) is 11.1 Å². The molecule has 0 bridgehead atoms. The maximum Gasteiger partial charge on any atom is 0.317 e.